The van der Waals surface area contributed by atoms with Crippen molar-refractivity contribution in [1.82, 2.24) is 5.32 Å². The van der Waals surface area contributed by atoms with Gasteiger partial charge in [0, 0.05) is 6.42 Å². The molecule has 1 aliphatic rings. The fourth-order valence-corrected chi connectivity index (χ4v) is 3.75. The predicted octanol–water partition coefficient (Wildman–Crippen LogP) is 3.89. The Kier molecular flexibility index (Phi) is 5.39. The molecule has 0 spiro atoms. The number of benzene rings is 3. The number of rotatable bonds is 6. The van der Waals surface area contributed by atoms with E-state index < -0.39 is 18.1 Å². The number of phenols is 1. The molecule has 1 amide bonds. The number of aromatic hydroxyl groups is 1. The third-order valence-corrected chi connectivity index (χ3v) is 5.27. The van der Waals surface area contributed by atoms with Gasteiger partial charge in [-0.2, -0.15) is 0 Å². The highest BCUT2D eigenvalue weighted by Gasteiger charge is 2.23. The molecular formula is C24H21NO5. The molecule has 0 unspecified atom stereocenters. The van der Waals surface area contributed by atoms with Crippen LogP contribution in [0.3, 0.4) is 0 Å². The number of carboxylic acid groups (broad SMARTS) is 1. The van der Waals surface area contributed by atoms with Crippen molar-refractivity contribution >= 4 is 12.1 Å². The summed E-state index contributed by atoms with van der Waals surface area (Å²) in [5, 5.41) is 21.2. The Morgan fingerprint density at radius 1 is 0.967 bits per heavy atom. The fraction of sp³-hybridized carbons (Fsp3) is 0.167. The predicted molar refractivity (Wildman–Crippen MR) is 111 cm³/mol. The number of hydrogen-bond donors (Lipinski definition) is 3. The van der Waals surface area contributed by atoms with Crippen molar-refractivity contribution in [3.63, 3.8) is 0 Å². The third kappa shape index (κ3) is 4.12. The first-order valence-electron chi connectivity index (χ1n) is 9.64. The topological polar surface area (TPSA) is 95.9 Å². The van der Waals surface area contributed by atoms with Gasteiger partial charge in [-0.25, -0.2) is 9.59 Å². The summed E-state index contributed by atoms with van der Waals surface area (Å²) >= 11 is 0. The highest BCUT2D eigenvalue weighted by molar-refractivity contribution is 5.80. The van der Waals surface area contributed by atoms with Crippen LogP contribution in [-0.4, -0.2) is 28.3 Å². The molecule has 152 valence electrons. The van der Waals surface area contributed by atoms with E-state index in [1.807, 2.05) is 24.3 Å². The van der Waals surface area contributed by atoms with Gasteiger partial charge in [-0.1, -0.05) is 54.6 Å². The molecule has 0 aliphatic heterocycles. The molecule has 0 fully saturated rings. The molecule has 30 heavy (non-hydrogen) atoms. The van der Waals surface area contributed by atoms with Crippen molar-refractivity contribution in [2.24, 2.45) is 0 Å². The average molecular weight is 403 g/mol. The maximum absolute atomic E-state index is 12.3. The van der Waals surface area contributed by atoms with Crippen molar-refractivity contribution in [3.8, 4) is 16.9 Å². The number of fused-ring (bicyclic) bond motifs is 3. The van der Waals surface area contributed by atoms with Gasteiger partial charge >= 0.3 is 12.1 Å². The standard InChI is InChI=1S/C24H21NO5/c26-18-10-8-15(9-11-18)12-22(23(27)28)25-24(29)30-14-17-5-3-7-20-19-6-2-1-4-16(19)13-21(17)20/h1-11,22,26H,12-14H2,(H,25,29)(H,27,28)/t22-/m0/s1. The van der Waals surface area contributed by atoms with E-state index >= 15 is 0 Å². The lowest BCUT2D eigenvalue weighted by Crippen LogP contribution is -2.42. The summed E-state index contributed by atoms with van der Waals surface area (Å²) < 4.78 is 5.34. The molecule has 1 atom stereocenters. The summed E-state index contributed by atoms with van der Waals surface area (Å²) in [6.45, 7) is 0.0640. The summed E-state index contributed by atoms with van der Waals surface area (Å²) in [6, 6.07) is 19.1. The van der Waals surface area contributed by atoms with E-state index in [1.165, 1.54) is 23.3 Å². The molecule has 0 saturated heterocycles. The number of carbonyl (C=O) groups is 2. The van der Waals surface area contributed by atoms with Crippen LogP contribution in [0.1, 0.15) is 22.3 Å². The quantitative estimate of drug-likeness (QED) is 0.454. The number of alkyl carbamates (subject to hydrolysis) is 1. The Morgan fingerprint density at radius 3 is 2.47 bits per heavy atom. The number of hydrogen-bond acceptors (Lipinski definition) is 4. The Morgan fingerprint density at radius 2 is 1.70 bits per heavy atom. The molecule has 0 bridgehead atoms. The zero-order chi connectivity index (χ0) is 21.1. The monoisotopic (exact) mass is 403 g/mol. The van der Waals surface area contributed by atoms with Crippen molar-refractivity contribution in [2.45, 2.75) is 25.5 Å². The minimum Gasteiger partial charge on any atom is -0.508 e. The highest BCUT2D eigenvalue weighted by atomic mass is 16.5. The van der Waals surface area contributed by atoms with Crippen molar-refractivity contribution in [3.05, 3.63) is 89.0 Å². The van der Waals surface area contributed by atoms with Gasteiger partial charge in [-0.15, -0.1) is 0 Å². The van der Waals surface area contributed by atoms with Crippen LogP contribution in [0, 0.1) is 0 Å². The lowest BCUT2D eigenvalue weighted by atomic mass is 10.0. The molecular weight excluding hydrogens is 382 g/mol. The number of aliphatic carboxylic acids is 1. The third-order valence-electron chi connectivity index (χ3n) is 5.27. The molecule has 3 aromatic carbocycles. The lowest BCUT2D eigenvalue weighted by Gasteiger charge is -2.15. The molecule has 3 aromatic rings. The number of amides is 1. The number of carboxylic acids is 1. The Bertz CT molecular complexity index is 1090. The van der Waals surface area contributed by atoms with Gasteiger partial charge in [0.2, 0.25) is 0 Å². The van der Waals surface area contributed by atoms with Crippen LogP contribution >= 0.6 is 0 Å². The van der Waals surface area contributed by atoms with Crippen molar-refractivity contribution in [1.29, 1.82) is 0 Å². The summed E-state index contributed by atoms with van der Waals surface area (Å²) in [6.07, 6.45) is 0.0840. The minimum atomic E-state index is -1.16. The maximum atomic E-state index is 12.3. The van der Waals surface area contributed by atoms with Gasteiger partial charge < -0.3 is 20.3 Å². The van der Waals surface area contributed by atoms with Crippen LogP contribution in [0.2, 0.25) is 0 Å². The molecule has 6 heteroatoms. The van der Waals surface area contributed by atoms with Crippen LogP contribution in [0.5, 0.6) is 5.75 Å². The minimum absolute atomic E-state index is 0.0640. The molecule has 3 N–H and O–H groups in total. The smallest absolute Gasteiger partial charge is 0.408 e. The van der Waals surface area contributed by atoms with Gasteiger partial charge in [-0.3, -0.25) is 0 Å². The van der Waals surface area contributed by atoms with E-state index in [9.17, 15) is 19.8 Å². The van der Waals surface area contributed by atoms with Gasteiger partial charge in [-0.05, 0) is 51.9 Å². The SMILES string of the molecule is O=C(N[C@@H](Cc1ccc(O)cc1)C(=O)O)OCc1cccc2c1Cc1ccccc1-2. The van der Waals surface area contributed by atoms with Gasteiger partial charge in [0.1, 0.15) is 18.4 Å². The summed E-state index contributed by atoms with van der Waals surface area (Å²) in [5.74, 6) is -1.06. The largest absolute Gasteiger partial charge is 0.508 e. The van der Waals surface area contributed by atoms with Gasteiger partial charge in [0.25, 0.3) is 0 Å². The van der Waals surface area contributed by atoms with Crippen LogP contribution in [0.15, 0.2) is 66.7 Å². The summed E-state index contributed by atoms with van der Waals surface area (Å²) in [5.41, 5.74) is 6.29. The first-order valence-corrected chi connectivity index (χ1v) is 9.64. The van der Waals surface area contributed by atoms with Crippen LogP contribution in [-0.2, 0) is 29.0 Å². The molecule has 0 heterocycles. The number of phenolic OH excluding ortho intramolecular Hbond substituents is 1. The first-order chi connectivity index (χ1) is 14.5. The lowest BCUT2D eigenvalue weighted by molar-refractivity contribution is -0.139. The van der Waals surface area contributed by atoms with Crippen molar-refractivity contribution in [2.75, 3.05) is 0 Å². The Labute approximate surface area is 173 Å². The number of ether oxygens (including phenoxy) is 1. The molecule has 6 nitrogen and oxygen atoms in total. The van der Waals surface area contributed by atoms with Crippen LogP contribution in [0.25, 0.3) is 11.1 Å². The van der Waals surface area contributed by atoms with Crippen molar-refractivity contribution < 1.29 is 24.5 Å². The van der Waals surface area contributed by atoms with E-state index in [1.54, 1.807) is 12.1 Å². The van der Waals surface area contributed by atoms with E-state index in [-0.39, 0.29) is 18.8 Å². The van der Waals surface area contributed by atoms with Gasteiger partial charge in [0.05, 0.1) is 0 Å². The first kappa shape index (κ1) is 19.5. The van der Waals surface area contributed by atoms with E-state index in [0.717, 1.165) is 23.1 Å². The van der Waals surface area contributed by atoms with E-state index in [0.29, 0.717) is 5.56 Å². The molecule has 4 rings (SSSR count). The molecule has 0 aromatic heterocycles. The van der Waals surface area contributed by atoms with Crippen LogP contribution < -0.4 is 5.32 Å². The second-order valence-corrected chi connectivity index (χ2v) is 7.26. The number of nitrogens with one attached hydrogen (secondary N) is 1. The van der Waals surface area contributed by atoms with Crippen LogP contribution in [0.4, 0.5) is 4.79 Å². The summed E-state index contributed by atoms with van der Waals surface area (Å²) in [4.78, 5) is 23.8. The average Bonchev–Trinajstić information content (AvgIpc) is 3.12. The second kappa shape index (κ2) is 8.29. The molecule has 0 saturated carbocycles. The molecule has 1 aliphatic carbocycles. The maximum Gasteiger partial charge on any atom is 0.408 e. The zero-order valence-corrected chi connectivity index (χ0v) is 16.2. The highest BCUT2D eigenvalue weighted by Crippen LogP contribution is 2.38. The normalized spacial score (nSPS) is 12.5. The zero-order valence-electron chi connectivity index (χ0n) is 16.2. The summed E-state index contributed by atoms with van der Waals surface area (Å²) in [7, 11) is 0. The van der Waals surface area contributed by atoms with Gasteiger partial charge in [0.15, 0.2) is 0 Å². The van der Waals surface area contributed by atoms with E-state index in [4.69, 9.17) is 4.74 Å². The number of carbonyl (C=O) groups excluding carboxylic acids is 1. The Balaban J connectivity index is 1.40. The second-order valence-electron chi connectivity index (χ2n) is 7.26. The van der Waals surface area contributed by atoms with E-state index in [2.05, 4.69) is 23.5 Å². The molecule has 0 radical (unpaired) electrons. The Hall–Kier alpha value is -3.80. The fourth-order valence-electron chi connectivity index (χ4n) is 3.75.